The number of amides is 1. The number of carboxylic acid groups (broad SMARTS) is 3. The molecule has 150 valence electrons. The van der Waals surface area contributed by atoms with Crippen LogP contribution in [-0.4, -0.2) is 51.5 Å². The summed E-state index contributed by atoms with van der Waals surface area (Å²) in [5, 5.41) is 29.3. The lowest BCUT2D eigenvalue weighted by atomic mass is 9.83. The van der Waals surface area contributed by atoms with Crippen LogP contribution in [0, 0.1) is 0 Å². The van der Waals surface area contributed by atoms with Crippen molar-refractivity contribution in [2.75, 3.05) is 6.61 Å². The number of nitrogens with one attached hydrogen (secondary N) is 1. The molecular weight excluding hydrogens is 358 g/mol. The van der Waals surface area contributed by atoms with Gasteiger partial charge < -0.3 is 25.4 Å². The summed E-state index contributed by atoms with van der Waals surface area (Å²) >= 11 is 0. The Bertz CT molecular complexity index is 563. The van der Waals surface area contributed by atoms with Crippen LogP contribution in [0.15, 0.2) is 37.0 Å². The van der Waals surface area contributed by atoms with Gasteiger partial charge in [0.05, 0.1) is 0 Å². The van der Waals surface area contributed by atoms with Crippen molar-refractivity contribution in [1.29, 1.82) is 0 Å². The lowest BCUT2D eigenvalue weighted by Crippen LogP contribution is -2.49. The first-order chi connectivity index (χ1) is 12.6. The number of carbonyl (C=O) groups excluding carboxylic acids is 1. The van der Waals surface area contributed by atoms with Gasteiger partial charge in [-0.05, 0) is 24.8 Å². The molecule has 0 aliphatic carbocycles. The third kappa shape index (κ3) is 11.2. The normalized spacial score (nSPS) is 11.3. The highest BCUT2D eigenvalue weighted by Crippen LogP contribution is 2.26. The van der Waals surface area contributed by atoms with E-state index in [1.54, 1.807) is 6.08 Å². The molecule has 0 rings (SSSR count). The van der Waals surface area contributed by atoms with Gasteiger partial charge in [0.2, 0.25) is 0 Å². The molecule has 0 atom stereocenters. The van der Waals surface area contributed by atoms with E-state index in [2.05, 4.69) is 18.5 Å². The smallest absolute Gasteiger partial charge is 0.407 e. The SMILES string of the molecule is C=C/C=C(\C=C)COC(=O)NC(CCC(=O)O)(CCC(=O)O)CCC(=O)O. The van der Waals surface area contributed by atoms with Crippen molar-refractivity contribution >= 4 is 24.0 Å². The molecule has 1 amide bonds. The Balaban J connectivity index is 5.31. The monoisotopic (exact) mass is 383 g/mol. The van der Waals surface area contributed by atoms with Crippen LogP contribution in [0.3, 0.4) is 0 Å². The number of rotatable bonds is 14. The quantitative estimate of drug-likeness (QED) is 0.334. The maximum Gasteiger partial charge on any atom is 0.407 e. The highest BCUT2D eigenvalue weighted by atomic mass is 16.5. The second-order valence-electron chi connectivity index (χ2n) is 5.84. The number of allylic oxidation sites excluding steroid dienone is 2. The van der Waals surface area contributed by atoms with Crippen molar-refractivity contribution in [3.05, 3.63) is 37.0 Å². The fourth-order valence-electron chi connectivity index (χ4n) is 2.33. The van der Waals surface area contributed by atoms with Crippen LogP contribution in [0.1, 0.15) is 38.5 Å². The molecule has 0 unspecified atom stereocenters. The van der Waals surface area contributed by atoms with Crippen LogP contribution in [-0.2, 0) is 19.1 Å². The summed E-state index contributed by atoms with van der Waals surface area (Å²) < 4.78 is 5.04. The topological polar surface area (TPSA) is 150 Å². The minimum atomic E-state index is -1.33. The van der Waals surface area contributed by atoms with Gasteiger partial charge in [-0.15, -0.1) is 0 Å². The van der Waals surface area contributed by atoms with E-state index < -0.39 is 29.5 Å². The summed E-state index contributed by atoms with van der Waals surface area (Å²) in [5.41, 5.74) is -0.768. The number of carboxylic acids is 3. The van der Waals surface area contributed by atoms with Crippen LogP contribution >= 0.6 is 0 Å². The van der Waals surface area contributed by atoms with E-state index in [4.69, 9.17) is 20.1 Å². The lowest BCUT2D eigenvalue weighted by Gasteiger charge is -2.33. The average Bonchev–Trinajstić information content (AvgIpc) is 2.59. The predicted molar refractivity (Wildman–Crippen MR) is 96.3 cm³/mol. The first kappa shape index (κ1) is 23.9. The third-order valence-corrected chi connectivity index (χ3v) is 3.78. The van der Waals surface area contributed by atoms with Gasteiger partial charge in [-0.2, -0.15) is 0 Å². The molecule has 0 aromatic heterocycles. The van der Waals surface area contributed by atoms with Crippen molar-refractivity contribution in [3.63, 3.8) is 0 Å². The minimum Gasteiger partial charge on any atom is -0.481 e. The van der Waals surface area contributed by atoms with Gasteiger partial charge in [0.15, 0.2) is 0 Å². The molecule has 0 saturated carbocycles. The lowest BCUT2D eigenvalue weighted by molar-refractivity contribution is -0.137. The van der Waals surface area contributed by atoms with E-state index in [0.717, 1.165) is 0 Å². The molecule has 0 fully saturated rings. The fraction of sp³-hybridized carbons (Fsp3) is 0.444. The molecule has 0 aliphatic rings. The molecule has 0 saturated heterocycles. The van der Waals surface area contributed by atoms with Gasteiger partial charge >= 0.3 is 24.0 Å². The van der Waals surface area contributed by atoms with Crippen LogP contribution in [0.25, 0.3) is 0 Å². The largest absolute Gasteiger partial charge is 0.481 e. The number of hydrogen-bond donors (Lipinski definition) is 4. The average molecular weight is 383 g/mol. The van der Waals surface area contributed by atoms with Crippen molar-refractivity contribution < 1.29 is 39.2 Å². The molecule has 0 aliphatic heterocycles. The number of aliphatic carboxylic acids is 3. The Morgan fingerprint density at radius 3 is 1.67 bits per heavy atom. The number of ether oxygens (including phenoxy) is 1. The minimum absolute atomic E-state index is 0.130. The Morgan fingerprint density at radius 2 is 1.33 bits per heavy atom. The summed E-state index contributed by atoms with van der Waals surface area (Å²) in [6.07, 6.45) is 2.12. The molecule has 0 aromatic carbocycles. The summed E-state index contributed by atoms with van der Waals surface area (Å²) in [6, 6.07) is 0. The highest BCUT2D eigenvalue weighted by Gasteiger charge is 2.34. The first-order valence-corrected chi connectivity index (χ1v) is 8.18. The molecule has 0 bridgehead atoms. The maximum absolute atomic E-state index is 12.2. The molecule has 0 radical (unpaired) electrons. The van der Waals surface area contributed by atoms with Gasteiger partial charge in [0.1, 0.15) is 6.61 Å². The summed E-state index contributed by atoms with van der Waals surface area (Å²) in [5.74, 6) is -3.45. The zero-order valence-corrected chi connectivity index (χ0v) is 15.0. The molecule has 4 N–H and O–H groups in total. The fourth-order valence-corrected chi connectivity index (χ4v) is 2.33. The van der Waals surface area contributed by atoms with Crippen LogP contribution in [0.2, 0.25) is 0 Å². The van der Waals surface area contributed by atoms with Crippen molar-refractivity contribution in [2.45, 2.75) is 44.1 Å². The van der Waals surface area contributed by atoms with E-state index in [9.17, 15) is 19.2 Å². The number of alkyl carbamates (subject to hydrolysis) is 1. The van der Waals surface area contributed by atoms with Gasteiger partial charge in [0.25, 0.3) is 0 Å². The van der Waals surface area contributed by atoms with Crippen molar-refractivity contribution in [2.24, 2.45) is 0 Å². The predicted octanol–water partition coefficient (Wildman–Crippen LogP) is 2.34. The summed E-state index contributed by atoms with van der Waals surface area (Å²) in [6.45, 7) is 6.93. The molecular formula is C18H25NO8. The second-order valence-corrected chi connectivity index (χ2v) is 5.84. The zero-order valence-electron chi connectivity index (χ0n) is 15.0. The number of carbonyl (C=O) groups is 4. The maximum atomic E-state index is 12.2. The summed E-state index contributed by atoms with van der Waals surface area (Å²) in [4.78, 5) is 44.9. The Hall–Kier alpha value is -3.10. The van der Waals surface area contributed by atoms with Crippen molar-refractivity contribution in [1.82, 2.24) is 5.32 Å². The Kier molecular flexibility index (Phi) is 10.9. The number of hydrogen-bond acceptors (Lipinski definition) is 5. The second kappa shape index (κ2) is 12.3. The van der Waals surface area contributed by atoms with Gasteiger partial charge in [-0.1, -0.05) is 31.4 Å². The summed E-state index contributed by atoms with van der Waals surface area (Å²) in [7, 11) is 0. The van der Waals surface area contributed by atoms with Crippen LogP contribution < -0.4 is 5.32 Å². The standard InChI is InChI=1S/C18H25NO8/c1-3-5-13(4-2)12-27-17(26)19-18(9-6-14(20)21,10-7-15(22)23)11-8-16(24)25/h3-5H,1-2,6-12H2,(H,19,26)(H,20,21)(H,22,23)(H,24,25)/b13-5+. The zero-order chi connectivity index (χ0) is 20.9. The molecule has 0 spiro atoms. The molecule has 27 heavy (non-hydrogen) atoms. The Morgan fingerprint density at radius 1 is 0.889 bits per heavy atom. The highest BCUT2D eigenvalue weighted by molar-refractivity contribution is 5.71. The first-order valence-electron chi connectivity index (χ1n) is 8.18. The molecule has 0 heterocycles. The van der Waals surface area contributed by atoms with Gasteiger partial charge in [-0.3, -0.25) is 14.4 Å². The van der Waals surface area contributed by atoms with E-state index in [1.807, 2.05) is 0 Å². The molecule has 9 heteroatoms. The van der Waals surface area contributed by atoms with Crippen LogP contribution in [0.5, 0.6) is 0 Å². The molecule has 0 aromatic rings. The third-order valence-electron chi connectivity index (χ3n) is 3.78. The van der Waals surface area contributed by atoms with Gasteiger partial charge in [0, 0.05) is 24.8 Å². The van der Waals surface area contributed by atoms with E-state index in [0.29, 0.717) is 5.57 Å². The van der Waals surface area contributed by atoms with Crippen LogP contribution in [0.4, 0.5) is 4.79 Å². The van der Waals surface area contributed by atoms with Crippen molar-refractivity contribution in [3.8, 4) is 0 Å². The van der Waals surface area contributed by atoms with E-state index in [-0.39, 0.29) is 45.1 Å². The molecule has 9 nitrogen and oxygen atoms in total. The van der Waals surface area contributed by atoms with E-state index in [1.165, 1.54) is 12.2 Å². The Labute approximate surface area is 157 Å². The van der Waals surface area contributed by atoms with Gasteiger partial charge in [-0.25, -0.2) is 4.79 Å². The van der Waals surface area contributed by atoms with E-state index >= 15 is 0 Å².